The van der Waals surface area contributed by atoms with Crippen LogP contribution in [0.1, 0.15) is 46.5 Å². The molecular weight excluding hydrogens is 190 g/mol. The molecule has 3 nitrogen and oxygen atoms in total. The van der Waals surface area contributed by atoms with Crippen LogP contribution in [0.3, 0.4) is 0 Å². The van der Waals surface area contributed by atoms with Gasteiger partial charge in [-0.25, -0.2) is 0 Å². The summed E-state index contributed by atoms with van der Waals surface area (Å²) < 4.78 is 0. The number of nitrogens with zero attached hydrogens (tertiary/aromatic N) is 1. The minimum absolute atomic E-state index is 0.114. The number of rotatable bonds is 5. The Balaban J connectivity index is 2.63. The highest BCUT2D eigenvalue weighted by Gasteiger charge is 2.34. The van der Waals surface area contributed by atoms with E-state index in [0.717, 1.165) is 25.8 Å². The fourth-order valence-corrected chi connectivity index (χ4v) is 2.44. The van der Waals surface area contributed by atoms with Gasteiger partial charge >= 0.3 is 0 Å². The maximum Gasteiger partial charge on any atom is 0.223 e. The highest BCUT2D eigenvalue weighted by atomic mass is 16.2. The first kappa shape index (κ1) is 12.2. The Kier molecular flexibility index (Phi) is 4.30. The minimum Gasteiger partial charge on any atom is -0.332 e. The highest BCUT2D eigenvalue weighted by molar-refractivity contribution is 5.88. The number of carbonyl (C=O) groups excluding carboxylic acids is 2. The van der Waals surface area contributed by atoms with Crippen LogP contribution in [0, 0.1) is 5.92 Å². The van der Waals surface area contributed by atoms with Crippen molar-refractivity contribution >= 4 is 11.7 Å². The molecule has 0 unspecified atom stereocenters. The van der Waals surface area contributed by atoms with Crippen LogP contribution in [0.4, 0.5) is 0 Å². The lowest BCUT2D eigenvalue weighted by Gasteiger charge is -2.24. The van der Waals surface area contributed by atoms with Crippen LogP contribution in [0.25, 0.3) is 0 Å². The molecule has 1 aliphatic heterocycles. The number of carbonyl (C=O) groups is 2. The van der Waals surface area contributed by atoms with Crippen LogP contribution in [0.2, 0.25) is 0 Å². The van der Waals surface area contributed by atoms with E-state index < -0.39 is 0 Å². The Labute approximate surface area is 91.8 Å². The molecule has 2 atom stereocenters. The number of likely N-dealkylation sites (tertiary alicyclic amines) is 1. The van der Waals surface area contributed by atoms with E-state index in [4.69, 9.17) is 0 Å². The van der Waals surface area contributed by atoms with Crippen LogP contribution in [0.15, 0.2) is 0 Å². The molecule has 0 aromatic carbocycles. The van der Waals surface area contributed by atoms with Gasteiger partial charge in [0.1, 0.15) is 0 Å². The molecule has 15 heavy (non-hydrogen) atoms. The normalized spacial score (nSPS) is 23.3. The maximum absolute atomic E-state index is 11.7. The van der Waals surface area contributed by atoms with Crippen LogP contribution in [0.5, 0.6) is 0 Å². The van der Waals surface area contributed by atoms with Crippen molar-refractivity contribution in [3.05, 3.63) is 0 Å². The molecule has 86 valence electrons. The first-order valence-corrected chi connectivity index (χ1v) is 5.90. The lowest BCUT2D eigenvalue weighted by molar-refractivity contribution is -0.135. The molecule has 1 fully saturated rings. The SMILES string of the molecule is CCC[C@@H]1CC(=O)N([C@H](CC)C(C)=O)C1. The summed E-state index contributed by atoms with van der Waals surface area (Å²) in [7, 11) is 0. The van der Waals surface area contributed by atoms with Gasteiger partial charge in [-0.2, -0.15) is 0 Å². The summed E-state index contributed by atoms with van der Waals surface area (Å²) in [6.45, 7) is 6.46. The summed E-state index contributed by atoms with van der Waals surface area (Å²) >= 11 is 0. The Morgan fingerprint density at radius 1 is 1.53 bits per heavy atom. The van der Waals surface area contributed by atoms with E-state index in [0.29, 0.717) is 12.3 Å². The number of hydrogen-bond donors (Lipinski definition) is 0. The summed E-state index contributed by atoms with van der Waals surface area (Å²) in [5, 5.41) is 0. The standard InChI is InChI=1S/C12H21NO2/c1-4-6-10-7-12(15)13(8-10)11(5-2)9(3)14/h10-11H,4-8H2,1-3H3/t10-,11-/m1/s1. The zero-order valence-corrected chi connectivity index (χ0v) is 9.95. The molecular formula is C12H21NO2. The first-order chi connectivity index (χ1) is 7.10. The smallest absolute Gasteiger partial charge is 0.223 e. The van der Waals surface area contributed by atoms with Gasteiger partial charge in [0.2, 0.25) is 5.91 Å². The van der Waals surface area contributed by atoms with Gasteiger partial charge in [-0.3, -0.25) is 9.59 Å². The zero-order valence-electron chi connectivity index (χ0n) is 9.95. The van der Waals surface area contributed by atoms with Gasteiger partial charge < -0.3 is 4.90 Å². The molecule has 0 bridgehead atoms. The number of Topliss-reactive ketones (excluding diaryl/α,β-unsaturated/α-hetero) is 1. The van der Waals surface area contributed by atoms with E-state index in [-0.39, 0.29) is 17.7 Å². The van der Waals surface area contributed by atoms with Crippen LogP contribution in [-0.2, 0) is 9.59 Å². The van der Waals surface area contributed by atoms with E-state index in [9.17, 15) is 9.59 Å². The van der Waals surface area contributed by atoms with Gasteiger partial charge in [0.05, 0.1) is 6.04 Å². The third kappa shape index (κ3) is 2.80. The number of hydrogen-bond acceptors (Lipinski definition) is 2. The van der Waals surface area contributed by atoms with Crippen LogP contribution < -0.4 is 0 Å². The quantitative estimate of drug-likeness (QED) is 0.697. The van der Waals surface area contributed by atoms with Crippen molar-refractivity contribution in [2.45, 2.75) is 52.5 Å². The summed E-state index contributed by atoms with van der Waals surface area (Å²) in [6.07, 6.45) is 3.58. The monoisotopic (exact) mass is 211 g/mol. The van der Waals surface area contributed by atoms with E-state index in [1.165, 1.54) is 0 Å². The summed E-state index contributed by atoms with van der Waals surface area (Å²) in [5.74, 6) is 0.745. The van der Waals surface area contributed by atoms with E-state index >= 15 is 0 Å². The van der Waals surface area contributed by atoms with Crippen molar-refractivity contribution in [2.75, 3.05) is 6.54 Å². The van der Waals surface area contributed by atoms with Crippen molar-refractivity contribution in [2.24, 2.45) is 5.92 Å². The largest absolute Gasteiger partial charge is 0.332 e. The molecule has 1 saturated heterocycles. The van der Waals surface area contributed by atoms with Crippen molar-refractivity contribution in [1.82, 2.24) is 4.90 Å². The van der Waals surface area contributed by atoms with E-state index in [1.807, 2.05) is 6.92 Å². The lowest BCUT2D eigenvalue weighted by atomic mass is 10.0. The Bertz CT molecular complexity index is 250. The topological polar surface area (TPSA) is 37.4 Å². The Morgan fingerprint density at radius 2 is 2.20 bits per heavy atom. The molecule has 0 saturated carbocycles. The predicted molar refractivity (Wildman–Crippen MR) is 59.5 cm³/mol. The molecule has 0 radical (unpaired) electrons. The molecule has 1 amide bonds. The Morgan fingerprint density at radius 3 is 2.67 bits per heavy atom. The third-order valence-corrected chi connectivity index (χ3v) is 3.17. The first-order valence-electron chi connectivity index (χ1n) is 5.90. The van der Waals surface area contributed by atoms with Crippen molar-refractivity contribution in [3.63, 3.8) is 0 Å². The fraction of sp³-hybridized carbons (Fsp3) is 0.833. The van der Waals surface area contributed by atoms with Crippen LogP contribution >= 0.6 is 0 Å². The van der Waals surface area contributed by atoms with Gasteiger partial charge in [-0.1, -0.05) is 20.3 Å². The lowest BCUT2D eigenvalue weighted by Crippen LogP contribution is -2.40. The van der Waals surface area contributed by atoms with E-state index in [1.54, 1.807) is 11.8 Å². The minimum atomic E-state index is -0.181. The predicted octanol–water partition coefficient (Wildman–Crippen LogP) is 2.00. The van der Waals surface area contributed by atoms with Crippen LogP contribution in [-0.4, -0.2) is 29.2 Å². The van der Waals surface area contributed by atoms with Crippen molar-refractivity contribution in [1.29, 1.82) is 0 Å². The molecule has 1 aliphatic rings. The second-order valence-electron chi connectivity index (χ2n) is 4.44. The van der Waals surface area contributed by atoms with Crippen molar-refractivity contribution in [3.8, 4) is 0 Å². The maximum atomic E-state index is 11.7. The van der Waals surface area contributed by atoms with Gasteiger partial charge in [0, 0.05) is 13.0 Å². The second-order valence-corrected chi connectivity index (χ2v) is 4.44. The molecule has 0 spiro atoms. The third-order valence-electron chi connectivity index (χ3n) is 3.17. The molecule has 0 aliphatic carbocycles. The van der Waals surface area contributed by atoms with Gasteiger partial charge in [0.25, 0.3) is 0 Å². The van der Waals surface area contributed by atoms with Gasteiger partial charge in [0.15, 0.2) is 5.78 Å². The summed E-state index contributed by atoms with van der Waals surface area (Å²) in [6, 6.07) is -0.181. The zero-order chi connectivity index (χ0) is 11.4. The number of amides is 1. The second kappa shape index (κ2) is 5.29. The molecule has 3 heteroatoms. The molecule has 0 N–H and O–H groups in total. The molecule has 1 heterocycles. The highest BCUT2D eigenvalue weighted by Crippen LogP contribution is 2.25. The average Bonchev–Trinajstić information content (AvgIpc) is 2.49. The van der Waals surface area contributed by atoms with E-state index in [2.05, 4.69) is 6.92 Å². The molecule has 1 rings (SSSR count). The molecule has 0 aromatic rings. The fourth-order valence-electron chi connectivity index (χ4n) is 2.44. The number of ketones is 1. The summed E-state index contributed by atoms with van der Waals surface area (Å²) in [4.78, 5) is 24.9. The summed E-state index contributed by atoms with van der Waals surface area (Å²) in [5.41, 5.74) is 0. The Hall–Kier alpha value is -0.860. The van der Waals surface area contributed by atoms with Crippen molar-refractivity contribution < 1.29 is 9.59 Å². The average molecular weight is 211 g/mol. The van der Waals surface area contributed by atoms with Gasteiger partial charge in [-0.15, -0.1) is 0 Å². The molecule has 0 aromatic heterocycles. The van der Waals surface area contributed by atoms with Gasteiger partial charge in [-0.05, 0) is 25.7 Å².